The summed E-state index contributed by atoms with van der Waals surface area (Å²) >= 11 is 4.78. The van der Waals surface area contributed by atoms with Crippen molar-refractivity contribution in [1.82, 2.24) is 4.98 Å². The van der Waals surface area contributed by atoms with Crippen LogP contribution in [0.1, 0.15) is 20.8 Å². The summed E-state index contributed by atoms with van der Waals surface area (Å²) in [6, 6.07) is -0.0226. The lowest BCUT2D eigenvalue weighted by Gasteiger charge is -2.26. The molecule has 3 nitrogen and oxygen atoms in total. The van der Waals surface area contributed by atoms with Gasteiger partial charge in [0.2, 0.25) is 0 Å². The Bertz CT molecular complexity index is 282. The van der Waals surface area contributed by atoms with Crippen LogP contribution in [0.4, 0.5) is 5.13 Å². The van der Waals surface area contributed by atoms with E-state index in [1.807, 2.05) is 12.3 Å². The molecule has 0 aliphatic rings. The van der Waals surface area contributed by atoms with Crippen molar-refractivity contribution in [3.05, 3.63) is 9.98 Å². The second kappa shape index (κ2) is 3.94. The van der Waals surface area contributed by atoms with Crippen LogP contribution < -0.4 is 5.32 Å². The highest BCUT2D eigenvalue weighted by Crippen LogP contribution is 2.22. The largest absolute Gasteiger partial charge is 0.388 e. The van der Waals surface area contributed by atoms with E-state index >= 15 is 0 Å². The van der Waals surface area contributed by atoms with Crippen molar-refractivity contribution in [2.45, 2.75) is 32.4 Å². The predicted molar refractivity (Wildman–Crippen MR) is 59.2 cm³/mol. The average molecular weight is 265 g/mol. The quantitative estimate of drug-likeness (QED) is 0.882. The average Bonchev–Trinajstić information content (AvgIpc) is 2.33. The molecule has 1 heterocycles. The Labute approximate surface area is 90.3 Å². The molecule has 0 spiro atoms. The lowest BCUT2D eigenvalue weighted by atomic mass is 10.0. The minimum absolute atomic E-state index is 0.0226. The van der Waals surface area contributed by atoms with E-state index in [0.29, 0.717) is 0 Å². The Morgan fingerprint density at radius 3 is 2.69 bits per heavy atom. The second-order valence-corrected chi connectivity index (χ2v) is 5.17. The summed E-state index contributed by atoms with van der Waals surface area (Å²) in [5, 5.41) is 15.5. The van der Waals surface area contributed by atoms with Crippen molar-refractivity contribution in [2.24, 2.45) is 0 Å². The van der Waals surface area contributed by atoms with Gasteiger partial charge in [0.25, 0.3) is 0 Å². The Hall–Kier alpha value is -0.130. The molecule has 1 atom stereocenters. The topological polar surface area (TPSA) is 45.2 Å². The summed E-state index contributed by atoms with van der Waals surface area (Å²) in [4.78, 5) is 4.18. The molecule has 0 aliphatic carbocycles. The molecule has 1 aromatic heterocycles. The first-order chi connectivity index (χ1) is 5.89. The molecule has 0 aromatic carbocycles. The third-order valence-electron chi connectivity index (χ3n) is 1.88. The van der Waals surface area contributed by atoms with Gasteiger partial charge in [-0.2, -0.15) is 0 Å². The first-order valence-electron chi connectivity index (χ1n) is 3.99. The molecule has 0 radical (unpaired) electrons. The number of aliphatic hydroxyl groups is 1. The number of anilines is 1. The van der Waals surface area contributed by atoms with Gasteiger partial charge in [0, 0.05) is 5.38 Å². The summed E-state index contributed by atoms with van der Waals surface area (Å²) in [6.07, 6.45) is 0. The maximum absolute atomic E-state index is 9.66. The normalized spacial score (nSPS) is 14.2. The van der Waals surface area contributed by atoms with E-state index in [2.05, 4.69) is 26.2 Å². The van der Waals surface area contributed by atoms with Gasteiger partial charge in [0.1, 0.15) is 4.60 Å². The summed E-state index contributed by atoms with van der Waals surface area (Å²) in [6.45, 7) is 5.47. The molecular formula is C8H13BrN2OS. The van der Waals surface area contributed by atoms with Crippen molar-refractivity contribution in [1.29, 1.82) is 0 Å². The van der Waals surface area contributed by atoms with Gasteiger partial charge in [-0.1, -0.05) is 0 Å². The highest BCUT2D eigenvalue weighted by Gasteiger charge is 2.22. The minimum atomic E-state index is -0.738. The van der Waals surface area contributed by atoms with E-state index in [4.69, 9.17) is 0 Å². The van der Waals surface area contributed by atoms with Crippen LogP contribution in [0, 0.1) is 0 Å². The van der Waals surface area contributed by atoms with E-state index in [9.17, 15) is 5.11 Å². The van der Waals surface area contributed by atoms with E-state index < -0.39 is 5.60 Å². The number of nitrogens with zero attached hydrogens (tertiary/aromatic N) is 1. The first-order valence-corrected chi connectivity index (χ1v) is 5.67. The second-order valence-electron chi connectivity index (χ2n) is 3.50. The van der Waals surface area contributed by atoms with Gasteiger partial charge in [-0.3, -0.25) is 0 Å². The van der Waals surface area contributed by atoms with Crippen LogP contribution in [-0.4, -0.2) is 21.7 Å². The smallest absolute Gasteiger partial charge is 0.184 e. The molecule has 5 heteroatoms. The summed E-state index contributed by atoms with van der Waals surface area (Å²) < 4.78 is 0.822. The Balaban J connectivity index is 2.60. The van der Waals surface area contributed by atoms with Gasteiger partial charge >= 0.3 is 0 Å². The van der Waals surface area contributed by atoms with Gasteiger partial charge in [-0.25, -0.2) is 4.98 Å². The molecule has 0 fully saturated rings. The molecule has 1 rings (SSSR count). The fourth-order valence-corrected chi connectivity index (χ4v) is 1.91. The molecule has 13 heavy (non-hydrogen) atoms. The molecule has 0 saturated carbocycles. The van der Waals surface area contributed by atoms with Crippen LogP contribution in [0.5, 0.6) is 0 Å². The number of nitrogens with one attached hydrogen (secondary N) is 1. The highest BCUT2D eigenvalue weighted by atomic mass is 79.9. The molecule has 0 amide bonds. The minimum Gasteiger partial charge on any atom is -0.388 e. The van der Waals surface area contributed by atoms with Crippen LogP contribution in [0.3, 0.4) is 0 Å². The van der Waals surface area contributed by atoms with Gasteiger partial charge in [-0.05, 0) is 36.7 Å². The first kappa shape index (κ1) is 10.9. The number of rotatable bonds is 3. The van der Waals surface area contributed by atoms with Gasteiger partial charge in [-0.15, -0.1) is 11.3 Å². The highest BCUT2D eigenvalue weighted by molar-refractivity contribution is 9.10. The molecule has 1 unspecified atom stereocenters. The third-order valence-corrected chi connectivity index (χ3v) is 3.36. The molecule has 0 aliphatic heterocycles. The number of hydrogen-bond acceptors (Lipinski definition) is 4. The number of thiazole rings is 1. The molecule has 0 bridgehead atoms. The van der Waals surface area contributed by atoms with Crippen molar-refractivity contribution in [3.63, 3.8) is 0 Å². The molecule has 74 valence electrons. The Kier molecular flexibility index (Phi) is 3.32. The third kappa shape index (κ3) is 3.25. The molecule has 0 saturated heterocycles. The van der Waals surface area contributed by atoms with Crippen LogP contribution in [0.15, 0.2) is 9.98 Å². The van der Waals surface area contributed by atoms with E-state index in [1.165, 1.54) is 11.3 Å². The standard InChI is InChI=1S/C8H13BrN2OS/c1-5(8(2,3)12)10-7-11-6(9)4-13-7/h4-5,12H,1-3H3,(H,10,11). The van der Waals surface area contributed by atoms with E-state index in [0.717, 1.165) is 9.73 Å². The number of halogens is 1. The van der Waals surface area contributed by atoms with Crippen molar-refractivity contribution in [2.75, 3.05) is 5.32 Å². The number of aromatic nitrogens is 1. The van der Waals surface area contributed by atoms with Crippen molar-refractivity contribution < 1.29 is 5.11 Å². The fraction of sp³-hybridized carbons (Fsp3) is 0.625. The maximum atomic E-state index is 9.66. The van der Waals surface area contributed by atoms with Crippen molar-refractivity contribution >= 4 is 32.4 Å². The SMILES string of the molecule is CC(Nc1nc(Br)cs1)C(C)(C)O. The van der Waals surface area contributed by atoms with Gasteiger partial charge in [0.15, 0.2) is 5.13 Å². The Morgan fingerprint density at radius 2 is 2.31 bits per heavy atom. The van der Waals surface area contributed by atoms with Crippen LogP contribution >= 0.6 is 27.3 Å². The van der Waals surface area contributed by atoms with E-state index in [1.54, 1.807) is 13.8 Å². The number of hydrogen-bond donors (Lipinski definition) is 2. The van der Waals surface area contributed by atoms with Crippen LogP contribution in [0.2, 0.25) is 0 Å². The monoisotopic (exact) mass is 264 g/mol. The summed E-state index contributed by atoms with van der Waals surface area (Å²) in [5.74, 6) is 0. The van der Waals surface area contributed by atoms with Gasteiger partial charge < -0.3 is 10.4 Å². The lowest BCUT2D eigenvalue weighted by molar-refractivity contribution is 0.0649. The maximum Gasteiger partial charge on any atom is 0.184 e. The Morgan fingerprint density at radius 1 is 1.69 bits per heavy atom. The molecular weight excluding hydrogens is 252 g/mol. The van der Waals surface area contributed by atoms with Crippen molar-refractivity contribution in [3.8, 4) is 0 Å². The van der Waals surface area contributed by atoms with Crippen LogP contribution in [0.25, 0.3) is 0 Å². The van der Waals surface area contributed by atoms with E-state index in [-0.39, 0.29) is 6.04 Å². The summed E-state index contributed by atoms with van der Waals surface area (Å²) in [5.41, 5.74) is -0.738. The lowest BCUT2D eigenvalue weighted by Crippen LogP contribution is -2.39. The zero-order chi connectivity index (χ0) is 10.1. The molecule has 1 aromatic rings. The zero-order valence-corrected chi connectivity index (χ0v) is 10.2. The summed E-state index contributed by atoms with van der Waals surface area (Å²) in [7, 11) is 0. The molecule has 2 N–H and O–H groups in total. The fourth-order valence-electron chi connectivity index (χ4n) is 0.682. The predicted octanol–water partition coefficient (Wildman–Crippen LogP) is 2.48. The van der Waals surface area contributed by atoms with Gasteiger partial charge in [0.05, 0.1) is 11.6 Å². The van der Waals surface area contributed by atoms with Crippen LogP contribution in [-0.2, 0) is 0 Å². The zero-order valence-electron chi connectivity index (χ0n) is 7.84.